The van der Waals surface area contributed by atoms with Crippen molar-refractivity contribution in [3.63, 3.8) is 0 Å². The molecule has 1 amide bonds. The normalized spacial score (nSPS) is 24.7. The predicted molar refractivity (Wildman–Crippen MR) is 71.5 cm³/mol. The minimum Gasteiger partial charge on any atom is -0.336 e. The van der Waals surface area contributed by atoms with Crippen molar-refractivity contribution >= 4 is 5.91 Å². The summed E-state index contributed by atoms with van der Waals surface area (Å²) in [6.45, 7) is 9.28. The quantitative estimate of drug-likeness (QED) is 0.746. The molecule has 17 heavy (non-hydrogen) atoms. The van der Waals surface area contributed by atoms with Gasteiger partial charge in [-0.15, -0.1) is 6.58 Å². The second-order valence-electron chi connectivity index (χ2n) is 5.33. The van der Waals surface area contributed by atoms with E-state index in [0.717, 1.165) is 32.2 Å². The van der Waals surface area contributed by atoms with Crippen LogP contribution in [0.5, 0.6) is 0 Å². The van der Waals surface area contributed by atoms with Crippen molar-refractivity contribution in [1.82, 2.24) is 4.90 Å². The lowest BCUT2D eigenvalue weighted by Gasteiger charge is -2.33. The summed E-state index contributed by atoms with van der Waals surface area (Å²) in [6.07, 6.45) is 6.02. The third-order valence-corrected chi connectivity index (χ3v) is 3.76. The Kier molecular flexibility index (Phi) is 5.69. The van der Waals surface area contributed by atoms with Gasteiger partial charge in [-0.1, -0.05) is 6.08 Å². The summed E-state index contributed by atoms with van der Waals surface area (Å²) in [7, 11) is 0. The van der Waals surface area contributed by atoms with Gasteiger partial charge in [0.05, 0.1) is 0 Å². The molecule has 0 heterocycles. The second-order valence-corrected chi connectivity index (χ2v) is 5.33. The number of carbonyl (C=O) groups is 1. The van der Waals surface area contributed by atoms with E-state index in [-0.39, 0.29) is 12.0 Å². The monoisotopic (exact) mass is 238 g/mol. The van der Waals surface area contributed by atoms with Gasteiger partial charge in [0.15, 0.2) is 0 Å². The first-order chi connectivity index (χ1) is 8.10. The van der Waals surface area contributed by atoms with E-state index in [0.29, 0.717) is 18.4 Å². The van der Waals surface area contributed by atoms with E-state index in [1.807, 2.05) is 11.0 Å². The zero-order valence-corrected chi connectivity index (χ0v) is 11.2. The van der Waals surface area contributed by atoms with Crippen LogP contribution >= 0.6 is 0 Å². The molecule has 0 aromatic carbocycles. The highest BCUT2D eigenvalue weighted by atomic mass is 16.2. The van der Waals surface area contributed by atoms with Crippen molar-refractivity contribution in [1.29, 1.82) is 0 Å². The molecule has 0 aromatic heterocycles. The van der Waals surface area contributed by atoms with Crippen molar-refractivity contribution in [2.75, 3.05) is 13.1 Å². The Morgan fingerprint density at radius 1 is 1.41 bits per heavy atom. The molecule has 0 bridgehead atoms. The SMILES string of the molecule is C=CCN(C(=O)C1CCC(CN)CC1)C(C)C. The van der Waals surface area contributed by atoms with E-state index in [1.165, 1.54) is 0 Å². The van der Waals surface area contributed by atoms with Crippen LogP contribution in [-0.2, 0) is 4.79 Å². The smallest absolute Gasteiger partial charge is 0.226 e. The van der Waals surface area contributed by atoms with Crippen LogP contribution in [0, 0.1) is 11.8 Å². The molecule has 0 saturated heterocycles. The molecule has 1 rings (SSSR count). The molecular formula is C14H26N2O. The molecule has 1 saturated carbocycles. The summed E-state index contributed by atoms with van der Waals surface area (Å²) in [4.78, 5) is 14.3. The van der Waals surface area contributed by atoms with Crippen LogP contribution in [0.1, 0.15) is 39.5 Å². The Bertz CT molecular complexity index is 255. The number of nitrogens with two attached hydrogens (primary N) is 1. The fraction of sp³-hybridized carbons (Fsp3) is 0.786. The number of carbonyl (C=O) groups excluding carboxylic acids is 1. The van der Waals surface area contributed by atoms with Crippen molar-refractivity contribution in [2.24, 2.45) is 17.6 Å². The van der Waals surface area contributed by atoms with Crippen LogP contribution in [0.3, 0.4) is 0 Å². The summed E-state index contributed by atoms with van der Waals surface area (Å²) >= 11 is 0. The van der Waals surface area contributed by atoms with Gasteiger partial charge in [0.1, 0.15) is 0 Å². The molecule has 0 unspecified atom stereocenters. The first-order valence-electron chi connectivity index (χ1n) is 6.71. The largest absolute Gasteiger partial charge is 0.336 e. The van der Waals surface area contributed by atoms with Crippen molar-refractivity contribution < 1.29 is 4.79 Å². The van der Waals surface area contributed by atoms with Gasteiger partial charge in [-0.2, -0.15) is 0 Å². The van der Waals surface area contributed by atoms with Crippen LogP contribution in [0.25, 0.3) is 0 Å². The minimum atomic E-state index is 0.208. The first-order valence-corrected chi connectivity index (χ1v) is 6.71. The molecular weight excluding hydrogens is 212 g/mol. The highest BCUT2D eigenvalue weighted by Crippen LogP contribution is 2.29. The van der Waals surface area contributed by atoms with Gasteiger partial charge in [-0.3, -0.25) is 4.79 Å². The molecule has 3 heteroatoms. The van der Waals surface area contributed by atoms with E-state index in [9.17, 15) is 4.79 Å². The zero-order valence-electron chi connectivity index (χ0n) is 11.2. The third-order valence-electron chi connectivity index (χ3n) is 3.76. The molecule has 0 aliphatic heterocycles. The molecule has 1 aliphatic rings. The summed E-state index contributed by atoms with van der Waals surface area (Å²) in [5.41, 5.74) is 5.67. The topological polar surface area (TPSA) is 46.3 Å². The lowest BCUT2D eigenvalue weighted by molar-refractivity contribution is -0.138. The Morgan fingerprint density at radius 2 is 2.00 bits per heavy atom. The molecule has 1 fully saturated rings. The Balaban J connectivity index is 2.54. The highest BCUT2D eigenvalue weighted by molar-refractivity contribution is 5.79. The Hall–Kier alpha value is -0.830. The summed E-state index contributed by atoms with van der Waals surface area (Å²) in [5, 5.41) is 0. The van der Waals surface area contributed by atoms with Crippen LogP contribution in [0.15, 0.2) is 12.7 Å². The molecule has 0 spiro atoms. The second kappa shape index (κ2) is 6.80. The van der Waals surface area contributed by atoms with Crippen molar-refractivity contribution in [2.45, 2.75) is 45.6 Å². The number of hydrogen-bond donors (Lipinski definition) is 1. The van der Waals surface area contributed by atoms with Crippen molar-refractivity contribution in [3.05, 3.63) is 12.7 Å². The van der Waals surface area contributed by atoms with Crippen LogP contribution < -0.4 is 5.73 Å². The molecule has 0 aromatic rings. The minimum absolute atomic E-state index is 0.208. The average molecular weight is 238 g/mol. The standard InChI is InChI=1S/C14H26N2O/c1-4-9-16(11(2)3)14(17)13-7-5-12(10-15)6-8-13/h4,11-13H,1,5-10,15H2,2-3H3. The first kappa shape index (κ1) is 14.2. The molecule has 2 N–H and O–H groups in total. The number of amides is 1. The third kappa shape index (κ3) is 3.84. The fourth-order valence-electron chi connectivity index (χ4n) is 2.57. The average Bonchev–Trinajstić information content (AvgIpc) is 2.35. The number of rotatable bonds is 5. The summed E-state index contributed by atoms with van der Waals surface area (Å²) < 4.78 is 0. The number of hydrogen-bond acceptors (Lipinski definition) is 2. The van der Waals surface area contributed by atoms with Crippen LogP contribution in [0.4, 0.5) is 0 Å². The highest BCUT2D eigenvalue weighted by Gasteiger charge is 2.29. The van der Waals surface area contributed by atoms with E-state index in [4.69, 9.17) is 5.73 Å². The van der Waals surface area contributed by atoms with Crippen molar-refractivity contribution in [3.8, 4) is 0 Å². The zero-order chi connectivity index (χ0) is 12.8. The Morgan fingerprint density at radius 3 is 2.41 bits per heavy atom. The van der Waals surface area contributed by atoms with E-state index >= 15 is 0 Å². The van der Waals surface area contributed by atoms with Gasteiger partial charge in [-0.05, 0) is 52.0 Å². The van der Waals surface area contributed by atoms with E-state index < -0.39 is 0 Å². The maximum atomic E-state index is 12.4. The van der Waals surface area contributed by atoms with E-state index in [2.05, 4.69) is 20.4 Å². The molecule has 1 aliphatic carbocycles. The van der Waals surface area contributed by atoms with Gasteiger partial charge >= 0.3 is 0 Å². The molecule has 0 radical (unpaired) electrons. The predicted octanol–water partition coefficient (Wildman–Crippen LogP) is 2.17. The molecule has 98 valence electrons. The van der Waals surface area contributed by atoms with Gasteiger partial charge in [0.25, 0.3) is 0 Å². The van der Waals surface area contributed by atoms with Crippen LogP contribution in [-0.4, -0.2) is 29.9 Å². The summed E-state index contributed by atoms with van der Waals surface area (Å²) in [5.74, 6) is 1.14. The van der Waals surface area contributed by atoms with E-state index in [1.54, 1.807) is 0 Å². The summed E-state index contributed by atoms with van der Waals surface area (Å²) in [6, 6.07) is 0.257. The lowest BCUT2D eigenvalue weighted by Crippen LogP contribution is -2.42. The van der Waals surface area contributed by atoms with Gasteiger partial charge in [-0.25, -0.2) is 0 Å². The fourth-order valence-corrected chi connectivity index (χ4v) is 2.57. The maximum absolute atomic E-state index is 12.4. The van der Waals surface area contributed by atoms with Gasteiger partial charge in [0.2, 0.25) is 5.91 Å². The Labute approximate surface area is 105 Å². The maximum Gasteiger partial charge on any atom is 0.226 e. The van der Waals surface area contributed by atoms with Gasteiger partial charge < -0.3 is 10.6 Å². The lowest BCUT2D eigenvalue weighted by atomic mass is 9.81. The van der Waals surface area contributed by atoms with Crippen LogP contribution in [0.2, 0.25) is 0 Å². The van der Waals surface area contributed by atoms with Gasteiger partial charge in [0, 0.05) is 18.5 Å². The molecule has 3 nitrogen and oxygen atoms in total. The number of nitrogens with zero attached hydrogens (tertiary/aromatic N) is 1. The molecule has 0 atom stereocenters.